The van der Waals surface area contributed by atoms with Crippen LogP contribution >= 0.6 is 0 Å². The summed E-state index contributed by atoms with van der Waals surface area (Å²) in [6, 6.07) is -0.558. The summed E-state index contributed by atoms with van der Waals surface area (Å²) < 4.78 is 0. The summed E-state index contributed by atoms with van der Waals surface area (Å²) in [4.78, 5) is 11.4. The zero-order valence-electron chi connectivity index (χ0n) is 9.99. The lowest BCUT2D eigenvalue weighted by atomic mass is 10.2. The Morgan fingerprint density at radius 3 is 2.60 bits per heavy atom. The Morgan fingerprint density at radius 1 is 1.53 bits per heavy atom. The molecule has 0 aromatic carbocycles. The summed E-state index contributed by atoms with van der Waals surface area (Å²) in [7, 11) is 0. The van der Waals surface area contributed by atoms with Gasteiger partial charge in [0.2, 0.25) is 5.70 Å². The van der Waals surface area contributed by atoms with E-state index in [0.717, 1.165) is 19.3 Å². The number of unbranched alkanes of at least 4 members (excludes halogenated alkanes) is 2. The number of azo groups is 1. The Morgan fingerprint density at radius 2 is 2.13 bits per heavy atom. The van der Waals surface area contributed by atoms with Crippen molar-refractivity contribution in [1.29, 1.82) is 0 Å². The number of hydroxylamine groups is 1. The van der Waals surface area contributed by atoms with Crippen molar-refractivity contribution in [1.82, 2.24) is 0 Å². The van der Waals surface area contributed by atoms with Crippen LogP contribution in [0.5, 0.6) is 0 Å². The smallest absolute Gasteiger partial charge is 0.214 e. The van der Waals surface area contributed by atoms with Crippen LogP contribution in [-0.4, -0.2) is 16.7 Å². The highest BCUT2D eigenvalue weighted by atomic mass is 16.5. The van der Waals surface area contributed by atoms with Crippen LogP contribution in [0.1, 0.15) is 47.0 Å². The summed E-state index contributed by atoms with van der Waals surface area (Å²) in [5.41, 5.74) is 0.552. The molecule has 0 heterocycles. The third-order valence-electron chi connectivity index (χ3n) is 2.17. The molecule has 0 saturated carbocycles. The number of allylic oxidation sites excluding steroid dienone is 2. The minimum Gasteiger partial charge on any atom is -0.594 e. The Kier molecular flexibility index (Phi) is 6.58. The van der Waals surface area contributed by atoms with Gasteiger partial charge in [0, 0.05) is 6.92 Å². The van der Waals surface area contributed by atoms with E-state index >= 15 is 0 Å². The van der Waals surface area contributed by atoms with E-state index in [-0.39, 0.29) is 5.78 Å². The van der Waals surface area contributed by atoms with Crippen LogP contribution in [0.4, 0.5) is 0 Å². The van der Waals surface area contributed by atoms with Crippen LogP contribution in [0.2, 0.25) is 0 Å². The number of hydrogen-bond donors (Lipinski definition) is 0. The van der Waals surface area contributed by atoms with Gasteiger partial charge in [-0.15, -0.1) is 0 Å². The molecule has 0 aliphatic rings. The SMILES string of the molecule is CCCC/C=C(\C)[N+]([O-])=N[C@@H](C)C(C)=O. The molecule has 0 saturated heterocycles. The van der Waals surface area contributed by atoms with E-state index in [1.807, 2.05) is 6.08 Å². The van der Waals surface area contributed by atoms with Gasteiger partial charge in [-0.05, 0) is 37.9 Å². The van der Waals surface area contributed by atoms with E-state index < -0.39 is 6.04 Å². The monoisotopic (exact) mass is 212 g/mol. The van der Waals surface area contributed by atoms with Crippen molar-refractivity contribution in [2.45, 2.75) is 53.0 Å². The van der Waals surface area contributed by atoms with Gasteiger partial charge in [-0.1, -0.05) is 18.2 Å². The molecule has 0 amide bonds. The van der Waals surface area contributed by atoms with E-state index in [2.05, 4.69) is 12.0 Å². The van der Waals surface area contributed by atoms with Gasteiger partial charge in [0.1, 0.15) is 0 Å². The van der Waals surface area contributed by atoms with Crippen molar-refractivity contribution in [3.05, 3.63) is 17.0 Å². The lowest BCUT2D eigenvalue weighted by Crippen LogP contribution is -2.13. The highest BCUT2D eigenvalue weighted by molar-refractivity contribution is 5.80. The number of nitrogens with zero attached hydrogens (tertiary/aromatic N) is 2. The molecule has 0 radical (unpaired) electrons. The minimum absolute atomic E-state index is 0.0998. The molecule has 0 aliphatic carbocycles. The molecule has 1 atom stereocenters. The van der Waals surface area contributed by atoms with E-state index in [0.29, 0.717) is 10.6 Å². The molecule has 4 nitrogen and oxygen atoms in total. The predicted octanol–water partition coefficient (Wildman–Crippen LogP) is 3.02. The summed E-state index contributed by atoms with van der Waals surface area (Å²) in [6.07, 6.45) is 4.90. The van der Waals surface area contributed by atoms with Crippen LogP contribution < -0.4 is 0 Å². The molecular formula is C11H20N2O2. The quantitative estimate of drug-likeness (QED) is 0.294. The molecule has 0 N–H and O–H groups in total. The standard InChI is InChI=1S/C11H20N2O2/c1-5-6-7-8-9(2)13(15)12-10(3)11(4)14/h8,10H,5-7H2,1-4H3/b9-8+,13-12?/t10-/m0/s1. The summed E-state index contributed by atoms with van der Waals surface area (Å²) in [5.74, 6) is -0.0998. The number of rotatable bonds is 6. The van der Waals surface area contributed by atoms with Gasteiger partial charge in [-0.25, -0.2) is 0 Å². The van der Waals surface area contributed by atoms with Crippen LogP contribution in [0.15, 0.2) is 16.9 Å². The van der Waals surface area contributed by atoms with Crippen LogP contribution in [0.3, 0.4) is 0 Å². The summed E-state index contributed by atoms with van der Waals surface area (Å²) in [5, 5.41) is 15.1. The predicted molar refractivity (Wildman–Crippen MR) is 59.5 cm³/mol. The fourth-order valence-electron chi connectivity index (χ4n) is 0.923. The van der Waals surface area contributed by atoms with E-state index in [1.54, 1.807) is 13.8 Å². The minimum atomic E-state index is -0.558. The van der Waals surface area contributed by atoms with Crippen molar-refractivity contribution < 1.29 is 9.66 Å². The highest BCUT2D eigenvalue weighted by Crippen LogP contribution is 2.03. The zero-order valence-corrected chi connectivity index (χ0v) is 9.99. The zero-order chi connectivity index (χ0) is 11.8. The summed E-state index contributed by atoms with van der Waals surface area (Å²) >= 11 is 0. The average molecular weight is 212 g/mol. The maximum atomic E-state index is 11.4. The van der Waals surface area contributed by atoms with E-state index in [9.17, 15) is 10.0 Å². The first kappa shape index (κ1) is 13.8. The Balaban J connectivity index is 4.35. The lowest BCUT2D eigenvalue weighted by Gasteiger charge is -2.02. The van der Waals surface area contributed by atoms with Gasteiger partial charge >= 0.3 is 0 Å². The maximum absolute atomic E-state index is 11.4. The molecule has 0 fully saturated rings. The molecule has 4 heteroatoms. The number of carbonyl (C=O) groups is 1. The first-order valence-electron chi connectivity index (χ1n) is 5.34. The van der Waals surface area contributed by atoms with Gasteiger partial charge in [0.05, 0.1) is 0 Å². The molecule has 0 aromatic heterocycles. The molecular weight excluding hydrogens is 192 g/mol. The number of hydrogen-bond acceptors (Lipinski definition) is 3. The van der Waals surface area contributed by atoms with E-state index in [4.69, 9.17) is 0 Å². The third kappa shape index (κ3) is 5.99. The van der Waals surface area contributed by atoms with Crippen molar-refractivity contribution in [2.75, 3.05) is 0 Å². The van der Waals surface area contributed by atoms with Crippen molar-refractivity contribution in [2.24, 2.45) is 5.11 Å². The van der Waals surface area contributed by atoms with Crippen molar-refractivity contribution >= 4 is 5.78 Å². The summed E-state index contributed by atoms with van der Waals surface area (Å²) in [6.45, 7) is 6.85. The molecule has 0 bridgehead atoms. The molecule has 15 heavy (non-hydrogen) atoms. The van der Waals surface area contributed by atoms with Crippen LogP contribution in [-0.2, 0) is 4.79 Å². The van der Waals surface area contributed by atoms with Gasteiger partial charge in [-0.3, -0.25) is 4.79 Å². The molecule has 0 unspecified atom stereocenters. The first-order valence-corrected chi connectivity index (χ1v) is 5.34. The Hall–Kier alpha value is -1.19. The highest BCUT2D eigenvalue weighted by Gasteiger charge is 2.10. The second-order valence-corrected chi connectivity index (χ2v) is 3.66. The second-order valence-electron chi connectivity index (χ2n) is 3.66. The van der Waals surface area contributed by atoms with Crippen molar-refractivity contribution in [3.63, 3.8) is 0 Å². The lowest BCUT2D eigenvalue weighted by molar-refractivity contribution is -0.481. The molecule has 86 valence electrons. The maximum Gasteiger partial charge on any atom is 0.214 e. The van der Waals surface area contributed by atoms with Gasteiger partial charge in [-0.2, -0.15) is 0 Å². The largest absolute Gasteiger partial charge is 0.594 e. The average Bonchev–Trinajstić information content (AvgIpc) is 2.17. The third-order valence-corrected chi connectivity index (χ3v) is 2.17. The fraction of sp³-hybridized carbons (Fsp3) is 0.727. The Bertz CT molecular complexity index is 270. The van der Waals surface area contributed by atoms with Gasteiger partial charge in [0.15, 0.2) is 11.8 Å². The molecule has 0 aromatic rings. The number of ketones is 1. The number of Topliss-reactive ketones (excluding diaryl/α,β-unsaturated/α-hetero) is 1. The fourth-order valence-corrected chi connectivity index (χ4v) is 0.923. The van der Waals surface area contributed by atoms with Gasteiger partial charge in [0.25, 0.3) is 0 Å². The normalized spacial score (nSPS) is 15.2. The molecule has 0 rings (SSSR count). The van der Waals surface area contributed by atoms with Crippen LogP contribution in [0, 0.1) is 5.21 Å². The molecule has 0 spiro atoms. The first-order chi connectivity index (χ1) is 6.99. The second kappa shape index (κ2) is 7.15. The number of carbonyl (C=O) groups excluding carboxylic acids is 1. The molecule has 0 aliphatic heterocycles. The van der Waals surface area contributed by atoms with Gasteiger partial charge < -0.3 is 5.21 Å². The van der Waals surface area contributed by atoms with E-state index in [1.165, 1.54) is 6.92 Å². The van der Waals surface area contributed by atoms with Crippen molar-refractivity contribution in [3.8, 4) is 0 Å². The topological polar surface area (TPSA) is 55.5 Å². The van der Waals surface area contributed by atoms with Crippen LogP contribution in [0.25, 0.3) is 0 Å². The Labute approximate surface area is 91.3 Å².